The summed E-state index contributed by atoms with van der Waals surface area (Å²) in [4.78, 5) is 16.7. The molecule has 3 N–H and O–H groups in total. The van der Waals surface area contributed by atoms with Crippen molar-refractivity contribution in [2.24, 2.45) is 4.99 Å². The molecule has 0 aliphatic heterocycles. The molecule has 0 fully saturated rings. The predicted octanol–water partition coefficient (Wildman–Crippen LogP) is 3.37. The average Bonchev–Trinajstić information content (AvgIpc) is 2.70. The molecule has 30 heavy (non-hydrogen) atoms. The summed E-state index contributed by atoms with van der Waals surface area (Å²) < 4.78 is 5.89. The maximum atomic E-state index is 12.1. The van der Waals surface area contributed by atoms with Crippen molar-refractivity contribution in [1.29, 1.82) is 0 Å². The molecule has 162 valence electrons. The largest absolute Gasteiger partial charge is 0.372 e. The van der Waals surface area contributed by atoms with Gasteiger partial charge in [-0.2, -0.15) is 0 Å². The molecule has 1 amide bonds. The van der Waals surface area contributed by atoms with Gasteiger partial charge >= 0.3 is 0 Å². The van der Waals surface area contributed by atoms with E-state index in [0.717, 1.165) is 16.7 Å². The van der Waals surface area contributed by atoms with Gasteiger partial charge in [-0.25, -0.2) is 4.99 Å². The minimum Gasteiger partial charge on any atom is -0.372 e. The van der Waals surface area contributed by atoms with Crippen LogP contribution < -0.4 is 16.0 Å². The van der Waals surface area contributed by atoms with E-state index >= 15 is 0 Å². The zero-order valence-electron chi connectivity index (χ0n) is 18.5. The van der Waals surface area contributed by atoms with E-state index in [1.807, 2.05) is 58.0 Å². The summed E-state index contributed by atoms with van der Waals surface area (Å²) in [6.45, 7) is 10.4. The zero-order chi connectivity index (χ0) is 21.8. The molecule has 0 heterocycles. The van der Waals surface area contributed by atoms with Crippen LogP contribution in [0.5, 0.6) is 0 Å². The van der Waals surface area contributed by atoms with Crippen molar-refractivity contribution in [3.8, 4) is 0 Å². The second-order valence-corrected chi connectivity index (χ2v) is 8.09. The normalized spacial score (nSPS) is 11.8. The number of carbonyl (C=O) groups excluding carboxylic acids is 1. The van der Waals surface area contributed by atoms with Crippen molar-refractivity contribution < 1.29 is 9.53 Å². The summed E-state index contributed by atoms with van der Waals surface area (Å²) in [6.07, 6.45) is 0. The van der Waals surface area contributed by atoms with Gasteiger partial charge in [-0.05, 0) is 44.4 Å². The lowest BCUT2D eigenvalue weighted by Crippen LogP contribution is -2.48. The van der Waals surface area contributed by atoms with Crippen LogP contribution in [-0.2, 0) is 29.3 Å². The van der Waals surface area contributed by atoms with Crippen LogP contribution in [0.15, 0.2) is 59.6 Å². The summed E-state index contributed by atoms with van der Waals surface area (Å²) in [7, 11) is 0. The van der Waals surface area contributed by atoms with Gasteiger partial charge in [0, 0.05) is 12.1 Å². The van der Waals surface area contributed by atoms with Crippen LogP contribution in [0, 0.1) is 0 Å². The molecule has 0 radical (unpaired) electrons. The van der Waals surface area contributed by atoms with Crippen molar-refractivity contribution in [2.75, 3.05) is 13.1 Å². The number of carbonyl (C=O) groups is 1. The van der Waals surface area contributed by atoms with Gasteiger partial charge in [-0.3, -0.25) is 4.79 Å². The molecule has 2 rings (SSSR count). The molecule has 6 nitrogen and oxygen atoms in total. The average molecular weight is 411 g/mol. The van der Waals surface area contributed by atoms with Crippen molar-refractivity contribution in [2.45, 2.75) is 53.0 Å². The van der Waals surface area contributed by atoms with Crippen LogP contribution in [0.2, 0.25) is 0 Å². The summed E-state index contributed by atoms with van der Waals surface area (Å²) in [5.41, 5.74) is 3.10. The van der Waals surface area contributed by atoms with Gasteiger partial charge in [0.05, 0.1) is 26.3 Å². The number of nitrogens with zero attached hydrogens (tertiary/aromatic N) is 1. The first-order chi connectivity index (χ1) is 14.4. The van der Waals surface area contributed by atoms with Crippen molar-refractivity contribution >= 4 is 11.9 Å². The first kappa shape index (κ1) is 23.4. The lowest BCUT2D eigenvalue weighted by molar-refractivity contribution is -0.121. The molecule has 2 aromatic rings. The Morgan fingerprint density at radius 3 is 2.27 bits per heavy atom. The van der Waals surface area contributed by atoms with E-state index < -0.39 is 0 Å². The van der Waals surface area contributed by atoms with Crippen molar-refractivity contribution in [3.63, 3.8) is 0 Å². The fourth-order valence-electron chi connectivity index (χ4n) is 2.84. The molecule has 0 aliphatic rings. The Balaban J connectivity index is 1.93. The molecule has 0 atom stereocenters. The van der Waals surface area contributed by atoms with Gasteiger partial charge in [-0.1, -0.05) is 54.6 Å². The maximum Gasteiger partial charge on any atom is 0.239 e. The highest BCUT2D eigenvalue weighted by atomic mass is 16.5. The van der Waals surface area contributed by atoms with E-state index in [9.17, 15) is 4.79 Å². The van der Waals surface area contributed by atoms with Crippen LogP contribution in [0.3, 0.4) is 0 Å². The third-order valence-electron chi connectivity index (χ3n) is 4.17. The number of nitrogens with one attached hydrogen (secondary N) is 3. The molecular weight excluding hydrogens is 376 g/mol. The van der Waals surface area contributed by atoms with E-state index in [1.165, 1.54) is 0 Å². The molecule has 0 bridgehead atoms. The lowest BCUT2D eigenvalue weighted by Gasteiger charge is -2.21. The van der Waals surface area contributed by atoms with E-state index in [2.05, 4.69) is 45.2 Å². The predicted molar refractivity (Wildman–Crippen MR) is 122 cm³/mol. The van der Waals surface area contributed by atoms with E-state index in [0.29, 0.717) is 32.3 Å². The minimum atomic E-state index is -0.257. The number of hydrogen-bond donors (Lipinski definition) is 3. The van der Waals surface area contributed by atoms with Crippen LogP contribution in [0.25, 0.3) is 0 Å². The van der Waals surface area contributed by atoms with Crippen LogP contribution in [-0.4, -0.2) is 30.5 Å². The van der Waals surface area contributed by atoms with E-state index in [4.69, 9.17) is 4.74 Å². The van der Waals surface area contributed by atoms with Crippen molar-refractivity contribution in [1.82, 2.24) is 16.0 Å². The van der Waals surface area contributed by atoms with Gasteiger partial charge in [-0.15, -0.1) is 0 Å². The second kappa shape index (κ2) is 12.0. The molecule has 0 spiro atoms. The van der Waals surface area contributed by atoms with Gasteiger partial charge in [0.25, 0.3) is 0 Å². The number of amides is 1. The monoisotopic (exact) mass is 410 g/mol. The number of aliphatic imine (C=N–C) groups is 1. The summed E-state index contributed by atoms with van der Waals surface area (Å²) in [5.74, 6) is 0.546. The Bertz CT molecular complexity index is 813. The molecule has 0 aliphatic carbocycles. The highest BCUT2D eigenvalue weighted by Crippen LogP contribution is 2.13. The maximum absolute atomic E-state index is 12.1. The van der Waals surface area contributed by atoms with Gasteiger partial charge in [0.2, 0.25) is 5.91 Å². The molecular formula is C24H34N4O2. The highest BCUT2D eigenvalue weighted by Gasteiger charge is 2.13. The Kier molecular flexibility index (Phi) is 9.35. The van der Waals surface area contributed by atoms with E-state index in [-0.39, 0.29) is 18.0 Å². The molecule has 0 saturated carbocycles. The van der Waals surface area contributed by atoms with Gasteiger partial charge in [0.15, 0.2) is 5.96 Å². The number of guanidine groups is 1. The van der Waals surface area contributed by atoms with E-state index in [1.54, 1.807) is 0 Å². The number of hydrogen-bond acceptors (Lipinski definition) is 3. The number of benzene rings is 2. The van der Waals surface area contributed by atoms with Gasteiger partial charge in [0.1, 0.15) is 0 Å². The summed E-state index contributed by atoms with van der Waals surface area (Å²) in [5, 5.41) is 9.21. The Labute approximate surface area is 180 Å². The third-order valence-corrected chi connectivity index (χ3v) is 4.17. The first-order valence-corrected chi connectivity index (χ1v) is 10.4. The SMILES string of the molecule is CCNC(=NCc1ccccc1COCc1ccccc1)NCC(=O)NC(C)(C)C. The Morgan fingerprint density at radius 1 is 0.933 bits per heavy atom. The standard InChI is InChI=1S/C24H34N4O2/c1-5-25-23(27-16-22(29)28-24(2,3)4)26-15-20-13-9-10-14-21(20)18-30-17-19-11-7-6-8-12-19/h6-14H,5,15-18H2,1-4H3,(H,28,29)(H2,25,26,27). The van der Waals surface area contributed by atoms with Crippen LogP contribution >= 0.6 is 0 Å². The Morgan fingerprint density at radius 2 is 1.60 bits per heavy atom. The Hall–Kier alpha value is -2.86. The highest BCUT2D eigenvalue weighted by molar-refractivity contribution is 5.86. The molecule has 6 heteroatoms. The smallest absolute Gasteiger partial charge is 0.239 e. The topological polar surface area (TPSA) is 74.8 Å². The third kappa shape index (κ3) is 9.09. The molecule has 0 aromatic heterocycles. The number of ether oxygens (including phenoxy) is 1. The molecule has 0 saturated heterocycles. The lowest BCUT2D eigenvalue weighted by atomic mass is 10.1. The van der Waals surface area contributed by atoms with Crippen molar-refractivity contribution in [3.05, 3.63) is 71.3 Å². The fourth-order valence-corrected chi connectivity index (χ4v) is 2.84. The number of rotatable bonds is 9. The summed E-state index contributed by atoms with van der Waals surface area (Å²) in [6, 6.07) is 18.3. The fraction of sp³-hybridized carbons (Fsp3) is 0.417. The molecule has 2 aromatic carbocycles. The molecule has 0 unspecified atom stereocenters. The second-order valence-electron chi connectivity index (χ2n) is 8.09. The minimum absolute atomic E-state index is 0.0668. The van der Waals surface area contributed by atoms with Crippen LogP contribution in [0.4, 0.5) is 0 Å². The van der Waals surface area contributed by atoms with Gasteiger partial charge < -0.3 is 20.7 Å². The quantitative estimate of drug-likeness (QED) is 0.438. The first-order valence-electron chi connectivity index (χ1n) is 10.4. The van der Waals surface area contributed by atoms with Crippen LogP contribution in [0.1, 0.15) is 44.4 Å². The zero-order valence-corrected chi connectivity index (χ0v) is 18.5. The summed E-state index contributed by atoms with van der Waals surface area (Å²) >= 11 is 0.